The number of benzene rings is 1. The van der Waals surface area contributed by atoms with Gasteiger partial charge >= 0.3 is 5.97 Å². The van der Waals surface area contributed by atoms with E-state index in [-0.39, 0.29) is 5.82 Å². The molecule has 19 heavy (non-hydrogen) atoms. The Morgan fingerprint density at radius 2 is 2.05 bits per heavy atom. The van der Waals surface area contributed by atoms with Gasteiger partial charge in [-0.3, -0.25) is 4.79 Å². The lowest BCUT2D eigenvalue weighted by Gasteiger charge is -2.21. The molecule has 3 nitrogen and oxygen atoms in total. The second-order valence-corrected chi connectivity index (χ2v) is 5.55. The van der Waals surface area contributed by atoms with E-state index in [1.165, 1.54) is 12.1 Å². The van der Waals surface area contributed by atoms with Crippen LogP contribution in [-0.2, 0) is 4.79 Å². The Balaban J connectivity index is 2.36. The third-order valence-electron chi connectivity index (χ3n) is 3.37. The van der Waals surface area contributed by atoms with Gasteiger partial charge in [0.25, 0.3) is 0 Å². The quantitative estimate of drug-likeness (QED) is 0.768. The van der Waals surface area contributed by atoms with Gasteiger partial charge < -0.3 is 10.0 Å². The van der Waals surface area contributed by atoms with Crippen LogP contribution in [0.5, 0.6) is 0 Å². The highest BCUT2D eigenvalue weighted by Gasteiger charge is 2.25. The number of unbranched alkanes of at least 4 members (excludes halogenated alkanes) is 1. The molecule has 1 aromatic carbocycles. The van der Waals surface area contributed by atoms with Gasteiger partial charge in [0.15, 0.2) is 0 Å². The molecule has 0 unspecified atom stereocenters. The van der Waals surface area contributed by atoms with Crippen LogP contribution in [0.3, 0.4) is 0 Å². The van der Waals surface area contributed by atoms with Gasteiger partial charge in [0.05, 0.1) is 5.41 Å². The molecule has 0 aliphatic carbocycles. The zero-order valence-corrected chi connectivity index (χ0v) is 11.8. The molecule has 4 heteroatoms. The number of hydrogen-bond acceptors (Lipinski definition) is 2. The van der Waals surface area contributed by atoms with Crippen LogP contribution in [0.15, 0.2) is 24.3 Å². The van der Waals surface area contributed by atoms with Crippen LogP contribution in [0, 0.1) is 11.2 Å². The summed E-state index contributed by atoms with van der Waals surface area (Å²) in [4.78, 5) is 12.9. The molecule has 0 fully saturated rings. The Labute approximate surface area is 114 Å². The predicted molar refractivity (Wildman–Crippen MR) is 74.9 cm³/mol. The van der Waals surface area contributed by atoms with Crippen molar-refractivity contribution < 1.29 is 14.3 Å². The summed E-state index contributed by atoms with van der Waals surface area (Å²) in [6, 6.07) is 6.48. The van der Waals surface area contributed by atoms with Gasteiger partial charge in [0, 0.05) is 19.3 Å². The van der Waals surface area contributed by atoms with E-state index in [0.29, 0.717) is 6.42 Å². The van der Waals surface area contributed by atoms with Gasteiger partial charge in [-0.05, 0) is 44.9 Å². The van der Waals surface area contributed by atoms with Crippen LogP contribution in [0.1, 0.15) is 33.1 Å². The number of aliphatic carboxylic acids is 1. The molecule has 0 atom stereocenters. The first kappa shape index (κ1) is 15.5. The number of nitrogens with zero attached hydrogens (tertiary/aromatic N) is 1. The normalized spacial score (nSPS) is 11.4. The van der Waals surface area contributed by atoms with Crippen LogP contribution in [0.2, 0.25) is 0 Å². The van der Waals surface area contributed by atoms with Crippen molar-refractivity contribution in [1.29, 1.82) is 0 Å². The second-order valence-electron chi connectivity index (χ2n) is 5.55. The van der Waals surface area contributed by atoms with E-state index in [1.807, 2.05) is 18.0 Å². The SMILES string of the molecule is CN(CCCCC(C)(C)C(=O)O)c1cccc(F)c1. The average Bonchev–Trinajstić information content (AvgIpc) is 2.34. The van der Waals surface area contributed by atoms with Gasteiger partial charge in [-0.25, -0.2) is 4.39 Å². The maximum atomic E-state index is 13.1. The fourth-order valence-corrected chi connectivity index (χ4v) is 1.87. The van der Waals surface area contributed by atoms with Crippen molar-refractivity contribution in [2.75, 3.05) is 18.5 Å². The van der Waals surface area contributed by atoms with Gasteiger partial charge in [-0.1, -0.05) is 12.5 Å². The van der Waals surface area contributed by atoms with Crippen molar-refractivity contribution in [2.45, 2.75) is 33.1 Å². The van der Waals surface area contributed by atoms with E-state index in [9.17, 15) is 9.18 Å². The third kappa shape index (κ3) is 4.89. The summed E-state index contributed by atoms with van der Waals surface area (Å²) in [5.74, 6) is -0.998. The molecule has 0 amide bonds. The molecule has 0 radical (unpaired) electrons. The molecule has 0 bridgehead atoms. The largest absolute Gasteiger partial charge is 0.481 e. The smallest absolute Gasteiger partial charge is 0.309 e. The topological polar surface area (TPSA) is 40.5 Å². The van der Waals surface area contributed by atoms with E-state index in [4.69, 9.17) is 5.11 Å². The molecular weight excluding hydrogens is 245 g/mol. The molecule has 0 aliphatic rings. The second kappa shape index (κ2) is 6.55. The number of rotatable bonds is 7. The molecule has 0 heterocycles. The molecule has 0 aromatic heterocycles. The van der Waals surface area contributed by atoms with Gasteiger partial charge in [0.2, 0.25) is 0 Å². The maximum absolute atomic E-state index is 13.1. The predicted octanol–water partition coefficient (Wildman–Crippen LogP) is 3.54. The fourth-order valence-electron chi connectivity index (χ4n) is 1.87. The molecule has 1 rings (SSSR count). The standard InChI is InChI=1S/C15H22FNO2/c1-15(2,14(18)19)9-4-5-10-17(3)13-8-6-7-12(16)11-13/h6-8,11H,4-5,9-10H2,1-3H3,(H,18,19). The van der Waals surface area contributed by atoms with E-state index in [0.717, 1.165) is 25.1 Å². The lowest BCUT2D eigenvalue weighted by Crippen LogP contribution is -2.24. The molecule has 0 spiro atoms. The Bertz CT molecular complexity index is 432. The molecule has 1 N–H and O–H groups in total. The summed E-state index contributed by atoms with van der Waals surface area (Å²) < 4.78 is 13.1. The summed E-state index contributed by atoms with van der Waals surface area (Å²) in [6.45, 7) is 4.27. The highest BCUT2D eigenvalue weighted by molar-refractivity contribution is 5.73. The van der Waals surface area contributed by atoms with Crippen molar-refractivity contribution in [3.8, 4) is 0 Å². The van der Waals surface area contributed by atoms with E-state index in [2.05, 4.69) is 0 Å². The van der Waals surface area contributed by atoms with Gasteiger partial charge in [0.1, 0.15) is 5.82 Å². The van der Waals surface area contributed by atoms with E-state index in [1.54, 1.807) is 19.9 Å². The highest BCUT2D eigenvalue weighted by Crippen LogP contribution is 2.23. The van der Waals surface area contributed by atoms with Gasteiger partial charge in [-0.2, -0.15) is 0 Å². The van der Waals surface area contributed by atoms with Crippen molar-refractivity contribution in [3.05, 3.63) is 30.1 Å². The van der Waals surface area contributed by atoms with Crippen molar-refractivity contribution in [1.82, 2.24) is 0 Å². The highest BCUT2D eigenvalue weighted by atomic mass is 19.1. The molecule has 1 aromatic rings. The van der Waals surface area contributed by atoms with Crippen LogP contribution in [0.4, 0.5) is 10.1 Å². The van der Waals surface area contributed by atoms with Crippen LogP contribution >= 0.6 is 0 Å². The summed E-state index contributed by atoms with van der Waals surface area (Å²) >= 11 is 0. The van der Waals surface area contributed by atoms with Crippen molar-refractivity contribution in [3.63, 3.8) is 0 Å². The summed E-state index contributed by atoms with van der Waals surface area (Å²) in [5.41, 5.74) is 0.176. The first-order chi connectivity index (χ1) is 8.83. The monoisotopic (exact) mass is 267 g/mol. The Kier molecular flexibility index (Phi) is 5.33. The number of carboxylic acid groups (broad SMARTS) is 1. The molecule has 0 saturated heterocycles. The lowest BCUT2D eigenvalue weighted by molar-refractivity contribution is -0.147. The average molecular weight is 267 g/mol. The molecule has 106 valence electrons. The first-order valence-electron chi connectivity index (χ1n) is 6.53. The number of carbonyl (C=O) groups is 1. The number of carboxylic acids is 1. The van der Waals surface area contributed by atoms with Crippen LogP contribution < -0.4 is 4.90 Å². The van der Waals surface area contributed by atoms with Crippen molar-refractivity contribution >= 4 is 11.7 Å². The lowest BCUT2D eigenvalue weighted by atomic mass is 9.87. The molecular formula is C15H22FNO2. The minimum Gasteiger partial charge on any atom is -0.481 e. The summed E-state index contributed by atoms with van der Waals surface area (Å²) in [7, 11) is 1.91. The summed E-state index contributed by atoms with van der Waals surface area (Å²) in [5, 5.41) is 9.01. The zero-order valence-electron chi connectivity index (χ0n) is 11.8. The first-order valence-corrected chi connectivity index (χ1v) is 6.53. The maximum Gasteiger partial charge on any atom is 0.309 e. The third-order valence-corrected chi connectivity index (χ3v) is 3.37. The Hall–Kier alpha value is -1.58. The number of hydrogen-bond donors (Lipinski definition) is 1. The number of halogens is 1. The Morgan fingerprint density at radius 1 is 1.37 bits per heavy atom. The fraction of sp³-hybridized carbons (Fsp3) is 0.533. The van der Waals surface area contributed by atoms with Gasteiger partial charge in [-0.15, -0.1) is 0 Å². The number of anilines is 1. The van der Waals surface area contributed by atoms with E-state index < -0.39 is 11.4 Å². The minimum absolute atomic E-state index is 0.239. The summed E-state index contributed by atoms with van der Waals surface area (Å²) in [6.07, 6.45) is 2.39. The molecule has 0 aliphatic heterocycles. The van der Waals surface area contributed by atoms with E-state index >= 15 is 0 Å². The zero-order chi connectivity index (χ0) is 14.5. The van der Waals surface area contributed by atoms with Crippen LogP contribution in [-0.4, -0.2) is 24.7 Å². The van der Waals surface area contributed by atoms with Crippen molar-refractivity contribution in [2.24, 2.45) is 5.41 Å². The molecule has 0 saturated carbocycles. The van der Waals surface area contributed by atoms with Crippen LogP contribution in [0.25, 0.3) is 0 Å². The minimum atomic E-state index is -0.758. The Morgan fingerprint density at radius 3 is 2.63 bits per heavy atom.